The molecule has 3 aromatic carbocycles. The highest BCUT2D eigenvalue weighted by atomic mass is 32.2. The Bertz CT molecular complexity index is 1430. The molecule has 9 nitrogen and oxygen atoms in total. The van der Waals surface area contributed by atoms with Crippen LogP contribution in [0.2, 0.25) is 0 Å². The van der Waals surface area contributed by atoms with E-state index in [0.717, 1.165) is 17.3 Å². The molecule has 0 fully saturated rings. The van der Waals surface area contributed by atoms with Crippen molar-refractivity contribution in [3.05, 3.63) is 82.3 Å². The zero-order chi connectivity index (χ0) is 27.1. The summed E-state index contributed by atoms with van der Waals surface area (Å²) in [5.41, 5.74) is 3.52. The Morgan fingerprint density at radius 1 is 0.947 bits per heavy atom. The molecule has 1 aromatic heterocycles. The number of carbonyl (C=O) groups is 1. The number of methoxy groups -OCH3 is 3. The number of H-pyrrole nitrogens is 1. The van der Waals surface area contributed by atoms with Crippen LogP contribution in [0.1, 0.15) is 16.7 Å². The number of nitrogens with zero attached hydrogens (tertiary/aromatic N) is 2. The fourth-order valence-corrected chi connectivity index (χ4v) is 4.20. The molecule has 0 spiro atoms. The molecule has 0 saturated heterocycles. The van der Waals surface area contributed by atoms with E-state index in [0.29, 0.717) is 46.6 Å². The topological polar surface area (TPSA) is 116 Å². The fourth-order valence-electron chi connectivity index (χ4n) is 3.49. The summed E-state index contributed by atoms with van der Waals surface area (Å²) in [6, 6.07) is 18.6. The first-order valence-corrected chi connectivity index (χ1v) is 12.3. The van der Waals surface area contributed by atoms with Crippen molar-refractivity contribution in [3.63, 3.8) is 0 Å². The molecule has 0 bridgehead atoms. The minimum absolute atomic E-state index is 0.0362. The average Bonchev–Trinajstić information content (AvgIpc) is 3.41. The van der Waals surface area contributed by atoms with Crippen LogP contribution in [0.3, 0.4) is 0 Å². The van der Waals surface area contributed by atoms with Crippen LogP contribution in [-0.2, 0) is 11.4 Å². The lowest BCUT2D eigenvalue weighted by molar-refractivity contribution is -0.131. The summed E-state index contributed by atoms with van der Waals surface area (Å²) in [5, 5.41) is 17.1. The Kier molecular flexibility index (Phi) is 8.55. The summed E-state index contributed by atoms with van der Waals surface area (Å²) in [6.45, 7) is 2.41. The molecule has 2 N–H and O–H groups in total. The highest BCUT2D eigenvalue weighted by Gasteiger charge is 2.16. The molecule has 0 aliphatic carbocycles. The predicted octanol–water partition coefficient (Wildman–Crippen LogP) is 5.60. The smallest absolute Gasteiger partial charge is 0.342 e. The van der Waals surface area contributed by atoms with Gasteiger partial charge in [0.2, 0.25) is 5.16 Å². The van der Waals surface area contributed by atoms with E-state index in [4.69, 9.17) is 18.9 Å². The molecule has 0 radical (unpaired) electrons. The second-order valence-corrected chi connectivity index (χ2v) is 9.18. The number of rotatable bonds is 11. The Balaban J connectivity index is 1.52. The van der Waals surface area contributed by atoms with Gasteiger partial charge in [0.15, 0.2) is 17.3 Å². The number of aromatic nitrogens is 3. The maximum absolute atomic E-state index is 12.0. The van der Waals surface area contributed by atoms with Crippen molar-refractivity contribution in [3.8, 4) is 34.4 Å². The van der Waals surface area contributed by atoms with Crippen molar-refractivity contribution >= 4 is 23.8 Å². The van der Waals surface area contributed by atoms with Gasteiger partial charge in [0.05, 0.1) is 21.3 Å². The van der Waals surface area contributed by atoms with Crippen LogP contribution >= 0.6 is 11.8 Å². The maximum atomic E-state index is 12.0. The Labute approximate surface area is 224 Å². The summed E-state index contributed by atoms with van der Waals surface area (Å²) in [5.74, 6) is 1.58. The van der Waals surface area contributed by atoms with Crippen LogP contribution in [0.15, 0.2) is 70.7 Å². The normalized spacial score (nSPS) is 11.2. The zero-order valence-electron chi connectivity index (χ0n) is 21.3. The lowest BCUT2D eigenvalue weighted by Crippen LogP contribution is -1.99. The van der Waals surface area contributed by atoms with Crippen molar-refractivity contribution in [2.24, 2.45) is 0 Å². The van der Waals surface area contributed by atoms with Crippen LogP contribution in [0, 0.1) is 6.92 Å². The van der Waals surface area contributed by atoms with E-state index >= 15 is 0 Å². The van der Waals surface area contributed by atoms with Crippen molar-refractivity contribution in [1.82, 2.24) is 15.2 Å². The molecule has 0 atom stereocenters. The van der Waals surface area contributed by atoms with Crippen LogP contribution < -0.4 is 18.9 Å². The number of aryl methyl sites for hydroxylation is 1. The number of hydrogen-bond donors (Lipinski definition) is 2. The van der Waals surface area contributed by atoms with E-state index in [9.17, 15) is 9.90 Å². The van der Waals surface area contributed by atoms with Gasteiger partial charge in [0.1, 0.15) is 23.0 Å². The predicted molar refractivity (Wildman–Crippen MR) is 145 cm³/mol. The van der Waals surface area contributed by atoms with Gasteiger partial charge in [0.25, 0.3) is 0 Å². The molecule has 4 aromatic rings. The van der Waals surface area contributed by atoms with E-state index in [1.54, 1.807) is 50.6 Å². The number of ether oxygens (including phenoxy) is 4. The number of benzene rings is 3. The number of carboxylic acids is 1. The van der Waals surface area contributed by atoms with E-state index in [1.165, 1.54) is 18.7 Å². The van der Waals surface area contributed by atoms with Gasteiger partial charge >= 0.3 is 5.97 Å². The Morgan fingerprint density at radius 3 is 2.29 bits per heavy atom. The largest absolute Gasteiger partial charge is 0.497 e. The third-order valence-electron chi connectivity index (χ3n) is 5.50. The van der Waals surface area contributed by atoms with E-state index in [1.807, 2.05) is 31.2 Å². The van der Waals surface area contributed by atoms with E-state index < -0.39 is 5.97 Å². The highest BCUT2D eigenvalue weighted by molar-refractivity contribution is 8.04. The third kappa shape index (κ3) is 6.65. The molecule has 0 saturated carbocycles. The van der Waals surface area contributed by atoms with Gasteiger partial charge in [-0.1, -0.05) is 35.9 Å². The van der Waals surface area contributed by atoms with Crippen molar-refractivity contribution in [1.29, 1.82) is 0 Å². The highest BCUT2D eigenvalue weighted by Crippen LogP contribution is 2.33. The minimum Gasteiger partial charge on any atom is -0.497 e. The quantitative estimate of drug-likeness (QED) is 0.188. The zero-order valence-corrected chi connectivity index (χ0v) is 22.2. The number of aromatic amines is 1. The molecule has 1 heterocycles. The third-order valence-corrected chi connectivity index (χ3v) is 6.38. The van der Waals surface area contributed by atoms with Crippen molar-refractivity contribution < 1.29 is 28.8 Å². The summed E-state index contributed by atoms with van der Waals surface area (Å²) in [7, 11) is 4.65. The van der Waals surface area contributed by atoms with Gasteiger partial charge in [0, 0.05) is 11.6 Å². The maximum Gasteiger partial charge on any atom is 0.342 e. The number of aliphatic carboxylic acids is 1. The number of hydrogen-bond acceptors (Lipinski definition) is 8. The summed E-state index contributed by atoms with van der Waals surface area (Å²) < 4.78 is 22.0. The molecule has 38 heavy (non-hydrogen) atoms. The minimum atomic E-state index is -1.11. The number of thioether (sulfide) groups is 1. The van der Waals surface area contributed by atoms with Gasteiger partial charge in [-0.05, 0) is 60.2 Å². The van der Waals surface area contributed by atoms with Crippen LogP contribution in [0.25, 0.3) is 17.5 Å². The first-order valence-electron chi connectivity index (χ1n) is 11.5. The average molecular weight is 534 g/mol. The number of nitrogens with one attached hydrogen (secondary N) is 1. The second kappa shape index (κ2) is 12.2. The Morgan fingerprint density at radius 2 is 1.66 bits per heavy atom. The molecule has 0 aliphatic rings. The van der Waals surface area contributed by atoms with E-state index in [2.05, 4.69) is 15.2 Å². The van der Waals surface area contributed by atoms with Gasteiger partial charge in [-0.15, -0.1) is 5.10 Å². The standard InChI is InChI=1S/C28H27N3O6S/c1-17-5-7-18(8-6-17)16-37-23-10-9-19(11-24(23)36-4)12-25(27(32)33)38-28-29-26(30-31-28)20-13-21(34-2)15-22(14-20)35-3/h5-15H,16H2,1-4H3,(H,32,33)(H,29,30,31)/b25-12-. The molecule has 0 aliphatic heterocycles. The van der Waals surface area contributed by atoms with Gasteiger partial charge < -0.3 is 24.1 Å². The van der Waals surface area contributed by atoms with E-state index in [-0.39, 0.29) is 10.1 Å². The Hall–Kier alpha value is -4.44. The van der Waals surface area contributed by atoms with Gasteiger partial charge in [-0.3, -0.25) is 5.10 Å². The SMILES string of the molecule is COc1cc(OC)cc(-c2nc(S/C(=C\c3ccc(OCc4ccc(C)cc4)c(OC)c3)C(=O)O)n[nH]2)c1. The lowest BCUT2D eigenvalue weighted by atomic mass is 10.1. The van der Waals surface area contributed by atoms with Crippen LogP contribution in [0.4, 0.5) is 0 Å². The second-order valence-electron chi connectivity index (χ2n) is 8.17. The summed E-state index contributed by atoms with van der Waals surface area (Å²) in [4.78, 5) is 16.5. The fraction of sp³-hybridized carbons (Fsp3) is 0.179. The van der Waals surface area contributed by atoms with Crippen molar-refractivity contribution in [2.45, 2.75) is 18.7 Å². The molecule has 0 amide bonds. The summed E-state index contributed by atoms with van der Waals surface area (Å²) >= 11 is 0.927. The molecule has 196 valence electrons. The molecule has 4 rings (SSSR count). The van der Waals surface area contributed by atoms with Gasteiger partial charge in [-0.25, -0.2) is 9.78 Å². The van der Waals surface area contributed by atoms with Crippen molar-refractivity contribution in [2.75, 3.05) is 21.3 Å². The molecule has 0 unspecified atom stereocenters. The molecular formula is C28H27N3O6S. The van der Waals surface area contributed by atoms with Gasteiger partial charge in [-0.2, -0.15) is 0 Å². The molecule has 10 heteroatoms. The van der Waals surface area contributed by atoms with Crippen LogP contribution in [0.5, 0.6) is 23.0 Å². The monoisotopic (exact) mass is 533 g/mol. The molecular weight excluding hydrogens is 506 g/mol. The first-order chi connectivity index (χ1) is 18.4. The lowest BCUT2D eigenvalue weighted by Gasteiger charge is -2.12. The van der Waals surface area contributed by atoms with Crippen LogP contribution in [-0.4, -0.2) is 47.6 Å². The first kappa shape index (κ1) is 26.6. The summed E-state index contributed by atoms with van der Waals surface area (Å²) in [6.07, 6.45) is 1.53. The number of carboxylic acid groups (broad SMARTS) is 1.